The van der Waals surface area contributed by atoms with Crippen LogP contribution >= 0.6 is 0 Å². The number of amides is 1. The van der Waals surface area contributed by atoms with Gasteiger partial charge in [0.15, 0.2) is 17.1 Å². The third-order valence-electron chi connectivity index (χ3n) is 3.86. The van der Waals surface area contributed by atoms with Crippen molar-refractivity contribution in [3.63, 3.8) is 0 Å². The number of aliphatic carboxylic acids is 1. The topological polar surface area (TPSA) is 66.8 Å². The number of hydrogen-bond acceptors (Lipinski definition) is 3. The number of hydrogen-bond donors (Lipinski definition) is 1. The van der Waals surface area contributed by atoms with Gasteiger partial charge in [-0.05, 0) is 37.5 Å². The lowest BCUT2D eigenvalue weighted by Crippen LogP contribution is -2.53. The Balaban J connectivity index is 2.53. The fraction of sp³-hybridized carbons (Fsp3) is 0.467. The molecule has 0 aliphatic heterocycles. The number of carboxylic acids is 1. The summed E-state index contributed by atoms with van der Waals surface area (Å²) in [5, 5.41) is 9.65. The molecule has 1 aliphatic rings. The van der Waals surface area contributed by atoms with Crippen LogP contribution in [0.15, 0.2) is 18.2 Å². The molecule has 1 N–H and O–H groups in total. The number of benzene rings is 1. The van der Waals surface area contributed by atoms with Crippen molar-refractivity contribution < 1.29 is 23.8 Å². The Bertz CT molecular complexity index is 585. The Morgan fingerprint density at radius 2 is 2.05 bits per heavy atom. The number of rotatable bonds is 5. The number of carbonyl (C=O) groups is 2. The van der Waals surface area contributed by atoms with Crippen LogP contribution in [-0.2, 0) is 15.1 Å². The monoisotopic (exact) mass is 295 g/mol. The van der Waals surface area contributed by atoms with Gasteiger partial charge in [0.2, 0.25) is 5.91 Å². The summed E-state index contributed by atoms with van der Waals surface area (Å²) in [6, 6.07) is 3.87. The first-order valence-electron chi connectivity index (χ1n) is 6.69. The Labute approximate surface area is 122 Å². The predicted octanol–water partition coefficient (Wildman–Crippen LogP) is 2.15. The van der Waals surface area contributed by atoms with Crippen LogP contribution in [0.4, 0.5) is 4.39 Å². The normalized spacial score (nSPS) is 17.0. The van der Waals surface area contributed by atoms with E-state index in [1.54, 1.807) is 0 Å². The molecule has 0 heterocycles. The molecule has 114 valence electrons. The van der Waals surface area contributed by atoms with Crippen LogP contribution in [0.2, 0.25) is 0 Å². The van der Waals surface area contributed by atoms with Gasteiger partial charge in [0.25, 0.3) is 0 Å². The number of halogens is 1. The summed E-state index contributed by atoms with van der Waals surface area (Å²) in [4.78, 5) is 25.0. The Hall–Kier alpha value is -2.11. The van der Waals surface area contributed by atoms with Gasteiger partial charge in [0.05, 0.1) is 7.11 Å². The fourth-order valence-corrected chi connectivity index (χ4v) is 2.60. The molecule has 1 atom stereocenters. The van der Waals surface area contributed by atoms with Gasteiger partial charge >= 0.3 is 5.97 Å². The van der Waals surface area contributed by atoms with Crippen molar-refractivity contribution >= 4 is 11.9 Å². The highest BCUT2D eigenvalue weighted by Gasteiger charge is 2.49. The van der Waals surface area contributed by atoms with Gasteiger partial charge in [-0.15, -0.1) is 0 Å². The third-order valence-corrected chi connectivity index (χ3v) is 3.86. The molecule has 21 heavy (non-hydrogen) atoms. The highest BCUT2D eigenvalue weighted by atomic mass is 19.1. The zero-order valence-corrected chi connectivity index (χ0v) is 12.2. The molecule has 1 aliphatic carbocycles. The van der Waals surface area contributed by atoms with Crippen LogP contribution in [0.25, 0.3) is 0 Å². The van der Waals surface area contributed by atoms with Crippen molar-refractivity contribution in [3.05, 3.63) is 29.6 Å². The quantitative estimate of drug-likeness (QED) is 0.904. The van der Waals surface area contributed by atoms with E-state index in [-0.39, 0.29) is 23.3 Å². The molecule has 1 aromatic rings. The summed E-state index contributed by atoms with van der Waals surface area (Å²) in [7, 11) is 1.33. The van der Waals surface area contributed by atoms with E-state index < -0.39 is 17.3 Å². The first kappa shape index (κ1) is 15.3. The number of carbonyl (C=O) groups excluding carboxylic acids is 1. The summed E-state index contributed by atoms with van der Waals surface area (Å²) >= 11 is 0. The van der Waals surface area contributed by atoms with Crippen LogP contribution in [-0.4, -0.2) is 35.0 Å². The molecule has 1 amide bonds. The second-order valence-electron chi connectivity index (χ2n) is 5.35. The molecule has 6 heteroatoms. The first-order valence-corrected chi connectivity index (χ1v) is 6.69. The number of carboxylic acid groups (broad SMARTS) is 1. The van der Waals surface area contributed by atoms with Crippen LogP contribution in [0.1, 0.15) is 32.3 Å². The summed E-state index contributed by atoms with van der Waals surface area (Å²) in [5.41, 5.74) is -1.38. The maximum absolute atomic E-state index is 13.9. The molecule has 1 aromatic carbocycles. The van der Waals surface area contributed by atoms with E-state index in [1.165, 1.54) is 38.0 Å². The summed E-state index contributed by atoms with van der Waals surface area (Å²) in [5.74, 6) is -2.14. The summed E-state index contributed by atoms with van der Waals surface area (Å²) in [6.07, 6.45) is 1.53. The summed E-state index contributed by atoms with van der Waals surface area (Å²) in [6.45, 7) is 2.76. The average Bonchev–Trinajstić information content (AvgIpc) is 3.22. The first-order chi connectivity index (χ1) is 9.82. The highest BCUT2D eigenvalue weighted by molar-refractivity contribution is 5.87. The molecule has 0 aromatic heterocycles. The second kappa shape index (κ2) is 5.35. The van der Waals surface area contributed by atoms with Crippen molar-refractivity contribution in [1.29, 1.82) is 0 Å². The minimum absolute atomic E-state index is 0.0345. The molecule has 2 rings (SSSR count). The number of methoxy groups -OCH3 is 1. The van der Waals surface area contributed by atoms with Crippen LogP contribution < -0.4 is 4.74 Å². The molecule has 1 unspecified atom stereocenters. The molecule has 0 saturated heterocycles. The molecule has 0 spiro atoms. The predicted molar refractivity (Wildman–Crippen MR) is 73.5 cm³/mol. The minimum atomic E-state index is -1.60. The van der Waals surface area contributed by atoms with Crippen molar-refractivity contribution in [1.82, 2.24) is 4.90 Å². The standard InChI is InChI=1S/C15H18FNO4/c1-9(18)17(11-5-6-11)15(2,14(19)20)10-4-7-13(21-3)12(16)8-10/h4,7-8,11H,5-6H2,1-3H3,(H,19,20). The second-order valence-corrected chi connectivity index (χ2v) is 5.35. The van der Waals surface area contributed by atoms with Crippen LogP contribution in [0.3, 0.4) is 0 Å². The van der Waals surface area contributed by atoms with Gasteiger partial charge in [-0.3, -0.25) is 4.79 Å². The summed E-state index contributed by atoms with van der Waals surface area (Å²) < 4.78 is 18.7. The smallest absolute Gasteiger partial charge is 0.334 e. The van der Waals surface area contributed by atoms with E-state index in [2.05, 4.69) is 0 Å². The molecule has 1 saturated carbocycles. The highest BCUT2D eigenvalue weighted by Crippen LogP contribution is 2.39. The van der Waals surface area contributed by atoms with Gasteiger partial charge in [0.1, 0.15) is 0 Å². The third kappa shape index (κ3) is 2.57. The minimum Gasteiger partial charge on any atom is -0.494 e. The maximum Gasteiger partial charge on any atom is 0.334 e. The largest absolute Gasteiger partial charge is 0.494 e. The van der Waals surface area contributed by atoms with Gasteiger partial charge in [-0.1, -0.05) is 6.07 Å². The number of nitrogens with zero attached hydrogens (tertiary/aromatic N) is 1. The Morgan fingerprint density at radius 1 is 1.43 bits per heavy atom. The SMILES string of the molecule is COc1ccc(C(C)(C(=O)O)N(C(C)=O)C2CC2)cc1F. The van der Waals surface area contributed by atoms with E-state index >= 15 is 0 Å². The average molecular weight is 295 g/mol. The van der Waals surface area contributed by atoms with E-state index in [0.717, 1.165) is 18.9 Å². The molecule has 0 bridgehead atoms. The fourth-order valence-electron chi connectivity index (χ4n) is 2.60. The Morgan fingerprint density at radius 3 is 2.43 bits per heavy atom. The molecular formula is C15H18FNO4. The molecule has 5 nitrogen and oxygen atoms in total. The molecular weight excluding hydrogens is 277 g/mol. The van der Waals surface area contributed by atoms with Crippen LogP contribution in [0.5, 0.6) is 5.75 Å². The van der Waals surface area contributed by atoms with Crippen LogP contribution in [0, 0.1) is 5.82 Å². The van der Waals surface area contributed by atoms with Crippen molar-refractivity contribution in [2.24, 2.45) is 0 Å². The number of ether oxygens (including phenoxy) is 1. The van der Waals surface area contributed by atoms with Gasteiger partial charge < -0.3 is 14.7 Å². The van der Waals surface area contributed by atoms with Crippen molar-refractivity contribution in [2.45, 2.75) is 38.3 Å². The van der Waals surface area contributed by atoms with Gasteiger partial charge in [-0.2, -0.15) is 0 Å². The van der Waals surface area contributed by atoms with E-state index in [4.69, 9.17) is 4.74 Å². The van der Waals surface area contributed by atoms with Gasteiger partial charge in [-0.25, -0.2) is 9.18 Å². The maximum atomic E-state index is 13.9. The molecule has 1 fully saturated rings. The van der Waals surface area contributed by atoms with E-state index in [1.807, 2.05) is 0 Å². The van der Waals surface area contributed by atoms with Crippen molar-refractivity contribution in [2.75, 3.05) is 7.11 Å². The van der Waals surface area contributed by atoms with Crippen molar-refractivity contribution in [3.8, 4) is 5.75 Å². The molecule has 0 radical (unpaired) electrons. The lowest BCUT2D eigenvalue weighted by molar-refractivity contribution is -0.159. The lowest BCUT2D eigenvalue weighted by atomic mass is 9.89. The van der Waals surface area contributed by atoms with E-state index in [0.29, 0.717) is 0 Å². The zero-order valence-electron chi connectivity index (χ0n) is 12.2. The Kier molecular flexibility index (Phi) is 3.89. The lowest BCUT2D eigenvalue weighted by Gasteiger charge is -2.38. The van der Waals surface area contributed by atoms with Gasteiger partial charge in [0, 0.05) is 13.0 Å². The zero-order chi connectivity index (χ0) is 15.8. The van der Waals surface area contributed by atoms with E-state index in [9.17, 15) is 19.1 Å².